The highest BCUT2D eigenvalue weighted by Crippen LogP contribution is 2.17. The maximum Gasteiger partial charge on any atom is 0.519 e. The van der Waals surface area contributed by atoms with Crippen LogP contribution in [0.4, 0.5) is 4.79 Å². The average molecular weight is 294 g/mol. The van der Waals surface area contributed by atoms with Crippen molar-refractivity contribution in [2.75, 3.05) is 0 Å². The van der Waals surface area contributed by atoms with Gasteiger partial charge in [-0.2, -0.15) is 8.42 Å². The van der Waals surface area contributed by atoms with E-state index in [0.29, 0.717) is 5.75 Å². The first-order valence-electron chi connectivity index (χ1n) is 5.47. The van der Waals surface area contributed by atoms with Crippen molar-refractivity contribution in [3.63, 3.8) is 0 Å². The highest BCUT2D eigenvalue weighted by Gasteiger charge is 2.11. The molecule has 2 aromatic rings. The first-order chi connectivity index (χ1) is 9.45. The zero-order valence-corrected chi connectivity index (χ0v) is 10.9. The SMILES string of the molecule is O=C(Oc1ccccc1)Oc1ccc(S(=O)(=O)O)cc1. The smallest absolute Gasteiger partial charge is 0.395 e. The number of hydrogen-bond donors (Lipinski definition) is 1. The highest BCUT2D eigenvalue weighted by atomic mass is 32.2. The molecule has 0 radical (unpaired) electrons. The molecule has 0 aliphatic carbocycles. The molecule has 0 fully saturated rings. The van der Waals surface area contributed by atoms with Gasteiger partial charge in [-0.1, -0.05) is 18.2 Å². The van der Waals surface area contributed by atoms with Gasteiger partial charge in [0.25, 0.3) is 10.1 Å². The zero-order valence-electron chi connectivity index (χ0n) is 10.1. The summed E-state index contributed by atoms with van der Waals surface area (Å²) in [5.74, 6) is 0.422. The van der Waals surface area contributed by atoms with Crippen LogP contribution >= 0.6 is 0 Å². The van der Waals surface area contributed by atoms with Gasteiger partial charge in [0, 0.05) is 0 Å². The van der Waals surface area contributed by atoms with Crippen LogP contribution in [0.15, 0.2) is 59.5 Å². The van der Waals surface area contributed by atoms with Crippen LogP contribution in [0.25, 0.3) is 0 Å². The molecular formula is C13H10O6S. The van der Waals surface area contributed by atoms with Crippen molar-refractivity contribution >= 4 is 16.3 Å². The first kappa shape index (κ1) is 14.0. The lowest BCUT2D eigenvalue weighted by atomic mass is 10.3. The number of benzene rings is 2. The van der Waals surface area contributed by atoms with Crippen molar-refractivity contribution in [3.05, 3.63) is 54.6 Å². The normalized spacial score (nSPS) is 10.8. The molecule has 0 aliphatic heterocycles. The van der Waals surface area contributed by atoms with Crippen molar-refractivity contribution in [1.29, 1.82) is 0 Å². The Morgan fingerprint density at radius 1 is 0.850 bits per heavy atom. The van der Waals surface area contributed by atoms with Gasteiger partial charge < -0.3 is 9.47 Å². The van der Waals surface area contributed by atoms with Crippen molar-refractivity contribution in [2.24, 2.45) is 0 Å². The topological polar surface area (TPSA) is 89.9 Å². The van der Waals surface area contributed by atoms with Crippen LogP contribution in [0, 0.1) is 0 Å². The van der Waals surface area contributed by atoms with Crippen LogP contribution in [0.3, 0.4) is 0 Å². The fraction of sp³-hybridized carbons (Fsp3) is 0. The van der Waals surface area contributed by atoms with Crippen LogP contribution in [0.2, 0.25) is 0 Å². The average Bonchev–Trinajstić information content (AvgIpc) is 2.39. The van der Waals surface area contributed by atoms with E-state index in [1.165, 1.54) is 12.1 Å². The fourth-order valence-corrected chi connectivity index (χ4v) is 1.86. The highest BCUT2D eigenvalue weighted by molar-refractivity contribution is 7.85. The third-order valence-electron chi connectivity index (χ3n) is 2.27. The quantitative estimate of drug-likeness (QED) is 0.531. The van der Waals surface area contributed by atoms with E-state index in [4.69, 9.17) is 14.0 Å². The Morgan fingerprint density at radius 3 is 1.85 bits per heavy atom. The van der Waals surface area contributed by atoms with Gasteiger partial charge in [-0.05, 0) is 36.4 Å². The number of ether oxygens (including phenoxy) is 2. The van der Waals surface area contributed by atoms with Crippen molar-refractivity contribution < 1.29 is 27.2 Å². The molecule has 0 bridgehead atoms. The Bertz CT molecular complexity index is 691. The summed E-state index contributed by atoms with van der Waals surface area (Å²) >= 11 is 0. The molecule has 2 aromatic carbocycles. The molecule has 0 spiro atoms. The summed E-state index contributed by atoms with van der Waals surface area (Å²) in [6.07, 6.45) is -0.948. The van der Waals surface area contributed by atoms with Gasteiger partial charge in [-0.3, -0.25) is 4.55 Å². The number of carbonyl (C=O) groups is 1. The summed E-state index contributed by atoms with van der Waals surface area (Å²) in [6, 6.07) is 13.0. The lowest BCUT2D eigenvalue weighted by Gasteiger charge is -2.05. The van der Waals surface area contributed by atoms with Gasteiger partial charge >= 0.3 is 6.16 Å². The molecule has 104 valence electrons. The number of carbonyl (C=O) groups excluding carboxylic acids is 1. The van der Waals surface area contributed by atoms with Gasteiger partial charge in [-0.15, -0.1) is 0 Å². The molecule has 2 rings (SSSR count). The Kier molecular flexibility index (Phi) is 4.02. The van der Waals surface area contributed by atoms with Crippen LogP contribution in [0.1, 0.15) is 0 Å². The zero-order chi connectivity index (χ0) is 14.6. The fourth-order valence-electron chi connectivity index (χ4n) is 1.38. The minimum Gasteiger partial charge on any atom is -0.395 e. The molecule has 0 aliphatic rings. The third-order valence-corrected chi connectivity index (χ3v) is 3.14. The first-order valence-corrected chi connectivity index (χ1v) is 6.91. The minimum absolute atomic E-state index is 0.0957. The predicted molar refractivity (Wildman–Crippen MR) is 69.4 cm³/mol. The molecule has 0 amide bonds. The Morgan fingerprint density at radius 2 is 1.35 bits per heavy atom. The van der Waals surface area contributed by atoms with E-state index >= 15 is 0 Å². The number of para-hydroxylation sites is 1. The maximum absolute atomic E-state index is 11.5. The third kappa shape index (κ3) is 3.81. The summed E-state index contributed by atoms with van der Waals surface area (Å²) in [4.78, 5) is 11.2. The van der Waals surface area contributed by atoms with Gasteiger partial charge in [0.05, 0.1) is 4.90 Å². The molecule has 0 saturated carbocycles. The van der Waals surface area contributed by atoms with Gasteiger partial charge in [-0.25, -0.2) is 4.79 Å². The number of hydrogen-bond acceptors (Lipinski definition) is 5. The van der Waals surface area contributed by atoms with E-state index in [1.807, 2.05) is 0 Å². The summed E-state index contributed by atoms with van der Waals surface area (Å²) in [6.45, 7) is 0. The largest absolute Gasteiger partial charge is 0.519 e. The van der Waals surface area contributed by atoms with E-state index in [2.05, 4.69) is 0 Å². The van der Waals surface area contributed by atoms with Crippen LogP contribution in [-0.2, 0) is 10.1 Å². The molecule has 0 saturated heterocycles. The molecule has 0 atom stereocenters. The van der Waals surface area contributed by atoms with E-state index in [9.17, 15) is 13.2 Å². The molecule has 0 aromatic heterocycles. The molecular weight excluding hydrogens is 284 g/mol. The van der Waals surface area contributed by atoms with Crippen LogP contribution in [0.5, 0.6) is 11.5 Å². The van der Waals surface area contributed by atoms with Crippen molar-refractivity contribution in [2.45, 2.75) is 4.90 Å². The monoisotopic (exact) mass is 294 g/mol. The molecule has 20 heavy (non-hydrogen) atoms. The molecule has 7 heteroatoms. The predicted octanol–water partition coefficient (Wildman–Crippen LogP) is 2.51. The second-order valence-electron chi connectivity index (χ2n) is 3.71. The van der Waals surface area contributed by atoms with E-state index in [1.54, 1.807) is 30.3 Å². The maximum atomic E-state index is 11.5. The van der Waals surface area contributed by atoms with Crippen molar-refractivity contribution in [1.82, 2.24) is 0 Å². The summed E-state index contributed by atoms with van der Waals surface area (Å²) in [7, 11) is -4.27. The Hall–Kier alpha value is -2.38. The molecule has 6 nitrogen and oxygen atoms in total. The van der Waals surface area contributed by atoms with Crippen LogP contribution in [-0.4, -0.2) is 19.1 Å². The molecule has 1 N–H and O–H groups in total. The second kappa shape index (κ2) is 5.72. The Labute approximate surface area is 115 Å². The standard InChI is InChI=1S/C13H10O6S/c14-13(18-10-4-2-1-3-5-10)19-11-6-8-12(9-7-11)20(15,16)17/h1-9H,(H,15,16,17). The van der Waals surface area contributed by atoms with E-state index in [0.717, 1.165) is 12.1 Å². The van der Waals surface area contributed by atoms with Gasteiger partial charge in [0.2, 0.25) is 0 Å². The molecule has 0 unspecified atom stereocenters. The summed E-state index contributed by atoms with van der Waals surface area (Å²) in [5.41, 5.74) is 0. The lowest BCUT2D eigenvalue weighted by Crippen LogP contribution is -2.13. The lowest BCUT2D eigenvalue weighted by molar-refractivity contribution is 0.152. The second-order valence-corrected chi connectivity index (χ2v) is 5.14. The van der Waals surface area contributed by atoms with Gasteiger partial charge in [0.1, 0.15) is 11.5 Å². The Balaban J connectivity index is 2.02. The molecule has 0 heterocycles. The van der Waals surface area contributed by atoms with E-state index in [-0.39, 0.29) is 10.6 Å². The number of rotatable bonds is 3. The summed E-state index contributed by atoms with van der Waals surface area (Å²) in [5, 5.41) is 0. The summed E-state index contributed by atoms with van der Waals surface area (Å²) < 4.78 is 40.2. The van der Waals surface area contributed by atoms with Crippen molar-refractivity contribution in [3.8, 4) is 11.5 Å². The van der Waals surface area contributed by atoms with Gasteiger partial charge in [0.15, 0.2) is 0 Å². The minimum atomic E-state index is -4.27. The van der Waals surface area contributed by atoms with E-state index < -0.39 is 16.3 Å². The van der Waals surface area contributed by atoms with Crippen LogP contribution < -0.4 is 9.47 Å².